The fraction of sp³-hybridized carbons (Fsp3) is 0.316. The van der Waals surface area contributed by atoms with E-state index in [0.29, 0.717) is 18.8 Å². The summed E-state index contributed by atoms with van der Waals surface area (Å²) in [5.74, 6) is 1.17. The molecule has 1 amide bonds. The molecule has 1 aromatic carbocycles. The number of carbonyl (C=O) groups excluding carboxylic acids is 1. The lowest BCUT2D eigenvalue weighted by Gasteiger charge is -2.34. The van der Waals surface area contributed by atoms with Crippen molar-refractivity contribution in [2.24, 2.45) is 0 Å². The molecule has 0 spiro atoms. The van der Waals surface area contributed by atoms with Gasteiger partial charge in [-0.25, -0.2) is 9.97 Å². The summed E-state index contributed by atoms with van der Waals surface area (Å²) in [7, 11) is 0. The monoisotopic (exact) mass is 395 g/mol. The Balaban J connectivity index is 1.34. The first-order chi connectivity index (χ1) is 13.7. The van der Waals surface area contributed by atoms with Crippen LogP contribution in [0.3, 0.4) is 0 Å². The van der Waals surface area contributed by atoms with Gasteiger partial charge in [-0.2, -0.15) is 0 Å². The maximum atomic E-state index is 12.6. The van der Waals surface area contributed by atoms with Gasteiger partial charge in [-0.15, -0.1) is 10.2 Å². The molecule has 0 aliphatic carbocycles. The normalized spacial score (nSPS) is 14.3. The SMILES string of the molecule is Cc1ccccc1-n1cnnc1SCC(=O)N1CCN(c2ncccn2)CC1. The van der Waals surface area contributed by atoms with Crippen LogP contribution in [0.4, 0.5) is 5.95 Å². The smallest absolute Gasteiger partial charge is 0.233 e. The van der Waals surface area contributed by atoms with Crippen LogP contribution in [-0.2, 0) is 4.79 Å². The van der Waals surface area contributed by atoms with Crippen LogP contribution in [0.25, 0.3) is 5.69 Å². The second-order valence-corrected chi connectivity index (χ2v) is 7.42. The number of nitrogens with zero attached hydrogens (tertiary/aromatic N) is 7. The van der Waals surface area contributed by atoms with Gasteiger partial charge in [0.25, 0.3) is 0 Å². The van der Waals surface area contributed by atoms with Crippen molar-refractivity contribution in [1.29, 1.82) is 0 Å². The van der Waals surface area contributed by atoms with E-state index in [-0.39, 0.29) is 5.91 Å². The summed E-state index contributed by atoms with van der Waals surface area (Å²) in [5, 5.41) is 8.92. The van der Waals surface area contributed by atoms with E-state index in [1.807, 2.05) is 40.7 Å². The predicted octanol–water partition coefficient (Wildman–Crippen LogP) is 1.81. The third-order valence-corrected chi connectivity index (χ3v) is 5.61. The molecular formula is C19H21N7OS. The molecule has 0 radical (unpaired) electrons. The minimum absolute atomic E-state index is 0.109. The molecule has 4 rings (SSSR count). The quantitative estimate of drug-likeness (QED) is 0.610. The summed E-state index contributed by atoms with van der Waals surface area (Å²) in [5.41, 5.74) is 2.16. The van der Waals surface area contributed by atoms with Gasteiger partial charge in [-0.3, -0.25) is 9.36 Å². The van der Waals surface area contributed by atoms with Crippen molar-refractivity contribution in [3.8, 4) is 5.69 Å². The van der Waals surface area contributed by atoms with Gasteiger partial charge in [0.2, 0.25) is 11.9 Å². The summed E-state index contributed by atoms with van der Waals surface area (Å²) in [4.78, 5) is 25.2. The third-order valence-electron chi connectivity index (χ3n) is 4.68. The number of aryl methyl sites for hydroxylation is 1. The largest absolute Gasteiger partial charge is 0.338 e. The Hall–Kier alpha value is -2.94. The van der Waals surface area contributed by atoms with E-state index in [1.165, 1.54) is 11.8 Å². The Kier molecular flexibility index (Phi) is 5.52. The lowest BCUT2D eigenvalue weighted by molar-refractivity contribution is -0.128. The van der Waals surface area contributed by atoms with E-state index in [0.717, 1.165) is 35.4 Å². The van der Waals surface area contributed by atoms with Crippen molar-refractivity contribution >= 4 is 23.6 Å². The third kappa shape index (κ3) is 3.99. The van der Waals surface area contributed by atoms with Crippen LogP contribution in [0.1, 0.15) is 5.56 Å². The van der Waals surface area contributed by atoms with Gasteiger partial charge >= 0.3 is 0 Å². The van der Waals surface area contributed by atoms with Crippen LogP contribution in [0, 0.1) is 6.92 Å². The van der Waals surface area contributed by atoms with Crippen LogP contribution in [0.15, 0.2) is 54.2 Å². The lowest BCUT2D eigenvalue weighted by atomic mass is 10.2. The van der Waals surface area contributed by atoms with Gasteiger partial charge in [0.05, 0.1) is 11.4 Å². The minimum Gasteiger partial charge on any atom is -0.338 e. The molecule has 8 nitrogen and oxygen atoms in total. The average molecular weight is 395 g/mol. The zero-order chi connectivity index (χ0) is 19.3. The van der Waals surface area contributed by atoms with Crippen molar-refractivity contribution in [2.75, 3.05) is 36.8 Å². The number of hydrogen-bond donors (Lipinski definition) is 0. The van der Waals surface area contributed by atoms with Crippen LogP contribution in [-0.4, -0.2) is 67.5 Å². The van der Waals surface area contributed by atoms with Gasteiger partial charge in [0.1, 0.15) is 6.33 Å². The molecule has 28 heavy (non-hydrogen) atoms. The molecule has 0 atom stereocenters. The van der Waals surface area contributed by atoms with Crippen molar-refractivity contribution in [3.63, 3.8) is 0 Å². The van der Waals surface area contributed by atoms with Crippen molar-refractivity contribution in [3.05, 3.63) is 54.6 Å². The Morgan fingerprint density at radius 2 is 1.82 bits per heavy atom. The highest BCUT2D eigenvalue weighted by Gasteiger charge is 2.23. The summed E-state index contributed by atoms with van der Waals surface area (Å²) in [6.07, 6.45) is 5.16. The molecule has 1 aliphatic heterocycles. The summed E-state index contributed by atoms with van der Waals surface area (Å²) >= 11 is 1.42. The Morgan fingerprint density at radius 1 is 1.07 bits per heavy atom. The first-order valence-corrected chi connectivity index (χ1v) is 10.1. The maximum Gasteiger partial charge on any atom is 0.233 e. The molecule has 144 valence electrons. The Bertz CT molecular complexity index is 938. The zero-order valence-electron chi connectivity index (χ0n) is 15.6. The number of amides is 1. The number of benzene rings is 1. The Morgan fingerprint density at radius 3 is 2.57 bits per heavy atom. The van der Waals surface area contributed by atoms with Crippen LogP contribution < -0.4 is 4.90 Å². The van der Waals surface area contributed by atoms with Gasteiger partial charge in [-0.1, -0.05) is 30.0 Å². The number of aromatic nitrogens is 5. The molecule has 1 fully saturated rings. The Labute approximate surface area is 167 Å². The number of thioether (sulfide) groups is 1. The predicted molar refractivity (Wildman–Crippen MR) is 108 cm³/mol. The first-order valence-electron chi connectivity index (χ1n) is 9.11. The van der Waals surface area contributed by atoms with Gasteiger partial charge in [0, 0.05) is 38.6 Å². The minimum atomic E-state index is 0.109. The van der Waals surface area contributed by atoms with Crippen molar-refractivity contribution < 1.29 is 4.79 Å². The molecule has 0 bridgehead atoms. The number of anilines is 1. The highest BCUT2D eigenvalue weighted by atomic mass is 32.2. The molecule has 3 aromatic rings. The number of rotatable bonds is 5. The average Bonchev–Trinajstić information content (AvgIpc) is 3.21. The van der Waals surface area contributed by atoms with Crippen LogP contribution >= 0.6 is 11.8 Å². The molecule has 0 N–H and O–H groups in total. The molecular weight excluding hydrogens is 374 g/mol. The fourth-order valence-electron chi connectivity index (χ4n) is 3.15. The molecule has 2 aromatic heterocycles. The van der Waals surface area contributed by atoms with Gasteiger partial charge in [-0.05, 0) is 24.6 Å². The highest BCUT2D eigenvalue weighted by molar-refractivity contribution is 7.99. The first kappa shape index (κ1) is 18.4. The molecule has 9 heteroatoms. The van der Waals surface area contributed by atoms with E-state index in [2.05, 4.69) is 25.1 Å². The summed E-state index contributed by atoms with van der Waals surface area (Å²) < 4.78 is 1.93. The van der Waals surface area contributed by atoms with E-state index >= 15 is 0 Å². The summed E-state index contributed by atoms with van der Waals surface area (Å²) in [6.45, 7) is 4.86. The topological polar surface area (TPSA) is 80.0 Å². The second-order valence-electron chi connectivity index (χ2n) is 6.48. The zero-order valence-corrected chi connectivity index (χ0v) is 16.4. The number of para-hydroxylation sites is 1. The van der Waals surface area contributed by atoms with Crippen LogP contribution in [0.2, 0.25) is 0 Å². The van der Waals surface area contributed by atoms with E-state index in [4.69, 9.17) is 0 Å². The van der Waals surface area contributed by atoms with Crippen LogP contribution in [0.5, 0.6) is 0 Å². The fourth-order valence-corrected chi connectivity index (χ4v) is 3.97. The van der Waals surface area contributed by atoms with Gasteiger partial charge < -0.3 is 9.80 Å². The highest BCUT2D eigenvalue weighted by Crippen LogP contribution is 2.22. The number of hydrogen-bond acceptors (Lipinski definition) is 7. The maximum absolute atomic E-state index is 12.6. The molecule has 3 heterocycles. The standard InChI is InChI=1S/C19H21N7OS/c1-15-5-2-3-6-16(15)26-14-22-23-19(26)28-13-17(27)24-9-11-25(12-10-24)18-20-7-4-8-21-18/h2-8,14H,9-13H2,1H3. The molecule has 0 unspecified atom stereocenters. The molecule has 1 saturated heterocycles. The van der Waals surface area contributed by atoms with E-state index in [9.17, 15) is 4.79 Å². The van der Waals surface area contributed by atoms with E-state index < -0.39 is 0 Å². The van der Waals surface area contributed by atoms with E-state index in [1.54, 1.807) is 24.8 Å². The number of piperazine rings is 1. The summed E-state index contributed by atoms with van der Waals surface area (Å²) in [6, 6.07) is 9.86. The lowest BCUT2D eigenvalue weighted by Crippen LogP contribution is -2.49. The molecule has 1 aliphatic rings. The second kappa shape index (κ2) is 8.39. The van der Waals surface area contributed by atoms with Crippen molar-refractivity contribution in [1.82, 2.24) is 29.6 Å². The molecule has 0 saturated carbocycles. The van der Waals surface area contributed by atoms with Crippen molar-refractivity contribution in [2.45, 2.75) is 12.1 Å². The van der Waals surface area contributed by atoms with Gasteiger partial charge in [0.15, 0.2) is 5.16 Å². The number of carbonyl (C=O) groups is 1.